The van der Waals surface area contributed by atoms with Crippen molar-refractivity contribution in [2.45, 2.75) is 0 Å². The van der Waals surface area contributed by atoms with Crippen LogP contribution in [0.15, 0.2) is 89.6 Å². The van der Waals surface area contributed by atoms with Gasteiger partial charge in [-0.05, 0) is 65.7 Å². The third kappa shape index (κ3) is 4.72. The largest absolute Gasteiger partial charge is 0.478 e. The van der Waals surface area contributed by atoms with Crippen LogP contribution in [0, 0.1) is 5.82 Å². The lowest BCUT2D eigenvalue weighted by atomic mass is 9.99. The fourth-order valence-electron chi connectivity index (χ4n) is 4.10. The second-order valence-electron chi connectivity index (χ2n) is 8.41. The number of carboxylic acids is 1. The van der Waals surface area contributed by atoms with E-state index >= 15 is 0 Å². The van der Waals surface area contributed by atoms with Crippen molar-refractivity contribution in [1.82, 2.24) is 10.3 Å². The molecule has 0 unspecified atom stereocenters. The van der Waals surface area contributed by atoms with E-state index in [0.717, 1.165) is 5.56 Å². The predicted octanol–water partition coefficient (Wildman–Crippen LogP) is 5.61. The van der Waals surface area contributed by atoms with Crippen LogP contribution in [0.2, 0.25) is 0 Å². The number of benzene rings is 3. The quantitative estimate of drug-likeness (QED) is 0.274. The Morgan fingerprint density at radius 3 is 2.32 bits per heavy atom. The molecule has 5 aromatic rings. The van der Waals surface area contributed by atoms with E-state index in [1.165, 1.54) is 37.6 Å². The molecule has 0 aliphatic rings. The van der Waals surface area contributed by atoms with Crippen molar-refractivity contribution in [3.63, 3.8) is 0 Å². The first kappa shape index (κ1) is 24.4. The van der Waals surface area contributed by atoms with Gasteiger partial charge >= 0.3 is 5.97 Å². The fraction of sp³-hybridized carbons (Fsp3) is 0.0345. The maximum atomic E-state index is 13.5. The van der Waals surface area contributed by atoms with E-state index in [2.05, 4.69) is 15.6 Å². The van der Waals surface area contributed by atoms with Gasteiger partial charge in [-0.1, -0.05) is 18.2 Å². The van der Waals surface area contributed by atoms with Crippen LogP contribution in [-0.4, -0.2) is 34.9 Å². The Morgan fingerprint density at radius 2 is 1.58 bits per heavy atom. The number of aromatic carboxylic acids is 1. The highest BCUT2D eigenvalue weighted by Gasteiger charge is 2.22. The normalized spacial score (nSPS) is 10.8. The Morgan fingerprint density at radius 1 is 0.842 bits per heavy atom. The van der Waals surface area contributed by atoms with Crippen LogP contribution in [0.3, 0.4) is 0 Å². The van der Waals surface area contributed by atoms with Gasteiger partial charge in [0, 0.05) is 29.8 Å². The van der Waals surface area contributed by atoms with E-state index in [4.69, 9.17) is 9.52 Å². The molecule has 9 heteroatoms. The van der Waals surface area contributed by atoms with Crippen molar-refractivity contribution in [2.24, 2.45) is 0 Å². The summed E-state index contributed by atoms with van der Waals surface area (Å²) < 4.78 is 19.5. The fourth-order valence-corrected chi connectivity index (χ4v) is 4.10. The molecule has 2 amide bonds. The number of hydrogen-bond donors (Lipinski definition) is 3. The smallest absolute Gasteiger partial charge is 0.337 e. The third-order valence-electron chi connectivity index (χ3n) is 5.95. The molecule has 0 aliphatic heterocycles. The minimum Gasteiger partial charge on any atom is -0.478 e. The van der Waals surface area contributed by atoms with Gasteiger partial charge in [-0.3, -0.25) is 14.6 Å². The van der Waals surface area contributed by atoms with Crippen molar-refractivity contribution in [3.8, 4) is 22.5 Å². The van der Waals surface area contributed by atoms with Gasteiger partial charge < -0.3 is 20.2 Å². The van der Waals surface area contributed by atoms with Gasteiger partial charge in [0.15, 0.2) is 0 Å². The van der Waals surface area contributed by atoms with Crippen LogP contribution in [0.25, 0.3) is 33.4 Å². The Bertz CT molecular complexity index is 1710. The molecule has 0 saturated heterocycles. The molecule has 3 aromatic carbocycles. The average Bonchev–Trinajstić information content (AvgIpc) is 3.32. The highest BCUT2D eigenvalue weighted by Crippen LogP contribution is 2.36. The van der Waals surface area contributed by atoms with Crippen LogP contribution >= 0.6 is 0 Å². The molecule has 0 aliphatic carbocycles. The summed E-state index contributed by atoms with van der Waals surface area (Å²) >= 11 is 0. The SMILES string of the molecule is CNC(=O)c1c(-c2ccc(F)cc2)oc2ccc(-c3cccc(C(=O)Nc4cncc(C(=O)O)c4)c3)cc12. The number of carbonyl (C=O) groups is 3. The maximum absolute atomic E-state index is 13.5. The molecule has 5 rings (SSSR count). The summed E-state index contributed by atoms with van der Waals surface area (Å²) in [5, 5.41) is 15.0. The number of amides is 2. The lowest BCUT2D eigenvalue weighted by molar-refractivity contribution is 0.0695. The van der Waals surface area contributed by atoms with Crippen molar-refractivity contribution in [2.75, 3.05) is 12.4 Å². The number of fused-ring (bicyclic) bond motifs is 1. The topological polar surface area (TPSA) is 122 Å². The van der Waals surface area contributed by atoms with E-state index in [1.54, 1.807) is 42.5 Å². The molecule has 2 heterocycles. The molecule has 0 bridgehead atoms. The first-order valence-electron chi connectivity index (χ1n) is 11.5. The van der Waals surface area contributed by atoms with E-state index in [0.29, 0.717) is 39.0 Å². The Kier molecular flexibility index (Phi) is 6.40. The van der Waals surface area contributed by atoms with Crippen molar-refractivity contribution >= 4 is 34.4 Å². The van der Waals surface area contributed by atoms with Gasteiger partial charge in [-0.2, -0.15) is 0 Å². The standard InChI is InChI=1S/C29H20FN3O5/c1-31-28(35)25-23-13-18(7-10-24(23)38-26(25)16-5-8-21(30)9-6-16)17-3-2-4-19(11-17)27(34)33-22-12-20(29(36)37)14-32-15-22/h2-15H,1H3,(H,31,35)(H,33,34)(H,36,37). The van der Waals surface area contributed by atoms with Crippen LogP contribution < -0.4 is 10.6 Å². The van der Waals surface area contributed by atoms with Crippen LogP contribution in [0.1, 0.15) is 31.1 Å². The van der Waals surface area contributed by atoms with Crippen LogP contribution in [-0.2, 0) is 0 Å². The van der Waals surface area contributed by atoms with Crippen molar-refractivity contribution in [3.05, 3.63) is 108 Å². The molecule has 0 fully saturated rings. The average molecular weight is 509 g/mol. The molecule has 3 N–H and O–H groups in total. The molecule has 188 valence electrons. The lowest BCUT2D eigenvalue weighted by Gasteiger charge is -2.08. The number of nitrogens with zero attached hydrogens (tertiary/aromatic N) is 1. The van der Waals surface area contributed by atoms with Crippen molar-refractivity contribution in [1.29, 1.82) is 0 Å². The Hall–Kier alpha value is -5.31. The van der Waals surface area contributed by atoms with E-state index in [1.807, 2.05) is 12.1 Å². The number of aromatic nitrogens is 1. The molecule has 0 atom stereocenters. The van der Waals surface area contributed by atoms with Gasteiger partial charge in [-0.15, -0.1) is 0 Å². The molecule has 2 aromatic heterocycles. The number of carbonyl (C=O) groups excluding carboxylic acids is 2. The molecule has 0 saturated carbocycles. The summed E-state index contributed by atoms with van der Waals surface area (Å²) in [5.41, 5.74) is 3.35. The minimum absolute atomic E-state index is 0.0445. The number of anilines is 1. The summed E-state index contributed by atoms with van der Waals surface area (Å²) in [5.74, 6) is -2.02. The summed E-state index contributed by atoms with van der Waals surface area (Å²) in [6, 6.07) is 19.2. The summed E-state index contributed by atoms with van der Waals surface area (Å²) in [7, 11) is 1.52. The molecular weight excluding hydrogens is 489 g/mol. The van der Waals surface area contributed by atoms with E-state index in [9.17, 15) is 18.8 Å². The second kappa shape index (κ2) is 9.98. The Labute approximate surface area is 215 Å². The number of halogens is 1. The monoisotopic (exact) mass is 509 g/mol. The second-order valence-corrected chi connectivity index (χ2v) is 8.41. The van der Waals surface area contributed by atoms with Crippen LogP contribution in [0.4, 0.5) is 10.1 Å². The summed E-state index contributed by atoms with van der Waals surface area (Å²) in [4.78, 5) is 40.8. The zero-order chi connectivity index (χ0) is 26.8. The molecule has 0 spiro atoms. The maximum Gasteiger partial charge on any atom is 0.337 e. The van der Waals surface area contributed by atoms with Gasteiger partial charge in [0.2, 0.25) is 0 Å². The zero-order valence-electron chi connectivity index (χ0n) is 20.0. The zero-order valence-corrected chi connectivity index (χ0v) is 20.0. The molecule has 0 radical (unpaired) electrons. The first-order valence-corrected chi connectivity index (χ1v) is 11.5. The predicted molar refractivity (Wildman–Crippen MR) is 140 cm³/mol. The number of furan rings is 1. The number of nitrogens with one attached hydrogen (secondary N) is 2. The Balaban J connectivity index is 1.51. The van der Waals surface area contributed by atoms with Gasteiger partial charge in [0.1, 0.15) is 17.2 Å². The summed E-state index contributed by atoms with van der Waals surface area (Å²) in [6.07, 6.45) is 2.55. The first-order chi connectivity index (χ1) is 18.3. The van der Waals surface area contributed by atoms with Crippen LogP contribution in [0.5, 0.6) is 0 Å². The molecule has 38 heavy (non-hydrogen) atoms. The minimum atomic E-state index is -1.15. The number of rotatable bonds is 6. The highest BCUT2D eigenvalue weighted by atomic mass is 19.1. The van der Waals surface area contributed by atoms with Crippen molar-refractivity contribution < 1.29 is 28.3 Å². The number of carboxylic acid groups (broad SMARTS) is 1. The number of pyridine rings is 1. The van der Waals surface area contributed by atoms with E-state index in [-0.39, 0.29) is 17.2 Å². The number of hydrogen-bond acceptors (Lipinski definition) is 5. The van der Waals surface area contributed by atoms with E-state index < -0.39 is 17.7 Å². The lowest BCUT2D eigenvalue weighted by Crippen LogP contribution is -2.18. The third-order valence-corrected chi connectivity index (χ3v) is 5.95. The van der Waals surface area contributed by atoms with Gasteiger partial charge in [0.05, 0.1) is 23.0 Å². The highest BCUT2D eigenvalue weighted by molar-refractivity contribution is 6.12. The van der Waals surface area contributed by atoms with Gasteiger partial charge in [-0.25, -0.2) is 9.18 Å². The molecular formula is C29H20FN3O5. The van der Waals surface area contributed by atoms with Gasteiger partial charge in [0.25, 0.3) is 11.8 Å². The summed E-state index contributed by atoms with van der Waals surface area (Å²) in [6.45, 7) is 0. The molecule has 8 nitrogen and oxygen atoms in total.